The molecule has 1 unspecified atom stereocenters. The molecule has 3 aromatic rings. The minimum Gasteiger partial charge on any atom is -0.472 e. The molecule has 0 fully saturated rings. The smallest absolute Gasteiger partial charge is 0.274 e. The van der Waals surface area contributed by atoms with Gasteiger partial charge in [0.25, 0.3) is 5.91 Å². The molecule has 148 valence electrons. The summed E-state index contributed by atoms with van der Waals surface area (Å²) in [6.07, 6.45) is -0.152. The number of nitrogens with zero attached hydrogens (tertiary/aromatic N) is 4. The molecule has 2 aromatic heterocycles. The summed E-state index contributed by atoms with van der Waals surface area (Å²) in [5.41, 5.74) is 6.47. The molecule has 1 atom stereocenters. The molecule has 9 nitrogen and oxygen atoms in total. The van der Waals surface area contributed by atoms with Crippen molar-refractivity contribution in [3.05, 3.63) is 53.0 Å². The van der Waals surface area contributed by atoms with Crippen molar-refractivity contribution in [1.82, 2.24) is 15.2 Å². The molecule has 0 saturated carbocycles. The minimum absolute atomic E-state index is 0.212. The number of amides is 2. The predicted molar refractivity (Wildman–Crippen MR) is 109 cm³/mol. The maximum Gasteiger partial charge on any atom is 0.274 e. The minimum atomic E-state index is -0.879. The number of hydrogen-bond acceptors (Lipinski definition) is 8. The third-order valence-electron chi connectivity index (χ3n) is 4.27. The quantitative estimate of drug-likeness (QED) is 0.661. The summed E-state index contributed by atoms with van der Waals surface area (Å²) in [5, 5.41) is 11.8. The number of carbonyl (C=O) groups is 2. The lowest BCUT2D eigenvalue weighted by Gasteiger charge is -2.33. The van der Waals surface area contributed by atoms with Gasteiger partial charge in [0.05, 0.1) is 0 Å². The molecular weight excluding hydrogens is 392 g/mol. The van der Waals surface area contributed by atoms with Crippen molar-refractivity contribution in [3.63, 3.8) is 0 Å². The summed E-state index contributed by atoms with van der Waals surface area (Å²) >= 11 is 1.29. The molecule has 0 aliphatic carbocycles. The van der Waals surface area contributed by atoms with E-state index in [2.05, 4.69) is 20.5 Å². The van der Waals surface area contributed by atoms with Crippen LogP contribution in [0.4, 0.5) is 16.8 Å². The summed E-state index contributed by atoms with van der Waals surface area (Å²) in [4.78, 5) is 31.2. The summed E-state index contributed by atoms with van der Waals surface area (Å²) in [5.74, 6) is -0.00147. The Kier molecular flexibility index (Phi) is 5.09. The van der Waals surface area contributed by atoms with Crippen LogP contribution >= 0.6 is 11.3 Å². The van der Waals surface area contributed by atoms with Gasteiger partial charge in [0.2, 0.25) is 17.1 Å². The molecule has 3 N–H and O–H groups in total. The van der Waals surface area contributed by atoms with Gasteiger partial charge < -0.3 is 10.5 Å². The van der Waals surface area contributed by atoms with Crippen molar-refractivity contribution in [3.8, 4) is 5.75 Å². The number of rotatable bonds is 5. The normalized spacial score (nSPS) is 15.6. The average Bonchev–Trinajstić information content (AvgIpc) is 3.18. The molecule has 3 heterocycles. The lowest BCUT2D eigenvalue weighted by molar-refractivity contribution is -0.128. The Hall–Kier alpha value is -3.53. The van der Waals surface area contributed by atoms with E-state index in [1.165, 1.54) is 16.2 Å². The number of pyridine rings is 1. The number of aromatic nitrogens is 3. The van der Waals surface area contributed by atoms with Crippen LogP contribution in [0.1, 0.15) is 23.6 Å². The van der Waals surface area contributed by atoms with Crippen LogP contribution in [-0.2, 0) is 16.0 Å². The molecule has 1 aliphatic rings. The zero-order chi connectivity index (χ0) is 20.4. The van der Waals surface area contributed by atoms with Crippen LogP contribution in [-0.4, -0.2) is 33.5 Å². The van der Waals surface area contributed by atoms with Crippen LogP contribution in [0.5, 0.6) is 5.75 Å². The number of carbonyl (C=O) groups excluding carboxylic acids is 2. The van der Waals surface area contributed by atoms with Gasteiger partial charge in [-0.25, -0.2) is 4.98 Å². The zero-order valence-corrected chi connectivity index (χ0v) is 16.3. The Labute approximate surface area is 170 Å². The van der Waals surface area contributed by atoms with Crippen LogP contribution in [0.25, 0.3) is 0 Å². The first-order valence-electron chi connectivity index (χ1n) is 8.97. The molecule has 2 amide bonds. The van der Waals surface area contributed by atoms with Gasteiger partial charge in [0, 0.05) is 5.56 Å². The lowest BCUT2D eigenvalue weighted by Crippen LogP contribution is -2.45. The van der Waals surface area contributed by atoms with Gasteiger partial charge in [0.15, 0.2) is 11.6 Å². The van der Waals surface area contributed by atoms with Gasteiger partial charge in [-0.1, -0.05) is 48.6 Å². The monoisotopic (exact) mass is 410 g/mol. The largest absolute Gasteiger partial charge is 0.472 e. The first-order chi connectivity index (χ1) is 14.0. The standard InChI is InChI=1S/C19H18N6O3S/c1-2-15-23-24-19(29-15)22-14(26)10-25-17-12(8-9-13(20)21-17)28-16(18(25)27)11-6-4-3-5-7-11/h3-9,16H,2,10H2,1H3,(H2,20,21)(H,22,24,26). The topological polar surface area (TPSA) is 123 Å². The molecule has 0 radical (unpaired) electrons. The second kappa shape index (κ2) is 7.84. The molecule has 4 rings (SSSR count). The van der Waals surface area contributed by atoms with E-state index in [-0.39, 0.29) is 18.2 Å². The fraction of sp³-hybridized carbons (Fsp3) is 0.211. The van der Waals surface area contributed by atoms with Gasteiger partial charge >= 0.3 is 0 Å². The van der Waals surface area contributed by atoms with Crippen LogP contribution in [0.3, 0.4) is 0 Å². The fourth-order valence-electron chi connectivity index (χ4n) is 2.90. The van der Waals surface area contributed by atoms with E-state index >= 15 is 0 Å². The molecule has 0 bridgehead atoms. The third kappa shape index (κ3) is 3.87. The predicted octanol–water partition coefficient (Wildman–Crippen LogP) is 2.18. The highest BCUT2D eigenvalue weighted by molar-refractivity contribution is 7.15. The number of fused-ring (bicyclic) bond motifs is 1. The summed E-state index contributed by atoms with van der Waals surface area (Å²) in [6.45, 7) is 1.70. The zero-order valence-electron chi connectivity index (χ0n) is 15.5. The highest BCUT2D eigenvalue weighted by Crippen LogP contribution is 2.38. The number of benzene rings is 1. The third-order valence-corrected chi connectivity index (χ3v) is 5.25. The number of nitrogens with two attached hydrogens (primary N) is 1. The molecular formula is C19H18N6O3S. The number of aryl methyl sites for hydroxylation is 1. The number of hydrogen-bond donors (Lipinski definition) is 2. The fourth-order valence-corrected chi connectivity index (χ4v) is 3.60. The van der Waals surface area contributed by atoms with Gasteiger partial charge in [-0.2, -0.15) is 0 Å². The average molecular weight is 410 g/mol. The van der Waals surface area contributed by atoms with E-state index in [4.69, 9.17) is 10.5 Å². The summed E-state index contributed by atoms with van der Waals surface area (Å²) in [6, 6.07) is 12.3. The van der Waals surface area contributed by atoms with E-state index in [9.17, 15) is 9.59 Å². The Morgan fingerprint density at radius 1 is 1.24 bits per heavy atom. The second-order valence-corrected chi connectivity index (χ2v) is 7.36. The Balaban J connectivity index is 1.61. The highest BCUT2D eigenvalue weighted by Gasteiger charge is 2.37. The van der Waals surface area contributed by atoms with E-state index in [1.54, 1.807) is 24.3 Å². The summed E-state index contributed by atoms with van der Waals surface area (Å²) < 4.78 is 5.87. The number of anilines is 3. The Morgan fingerprint density at radius 3 is 2.76 bits per heavy atom. The first-order valence-corrected chi connectivity index (χ1v) is 9.78. The van der Waals surface area contributed by atoms with E-state index in [1.807, 2.05) is 25.1 Å². The van der Waals surface area contributed by atoms with E-state index < -0.39 is 17.9 Å². The highest BCUT2D eigenvalue weighted by atomic mass is 32.1. The van der Waals surface area contributed by atoms with Crippen LogP contribution < -0.4 is 20.7 Å². The Morgan fingerprint density at radius 2 is 2.03 bits per heavy atom. The second-order valence-electron chi connectivity index (χ2n) is 6.29. The number of nitrogens with one attached hydrogen (secondary N) is 1. The first kappa shape index (κ1) is 18.8. The van der Waals surface area contributed by atoms with Crippen molar-refractivity contribution >= 4 is 39.9 Å². The van der Waals surface area contributed by atoms with Crippen molar-refractivity contribution in [2.24, 2.45) is 0 Å². The van der Waals surface area contributed by atoms with Crippen molar-refractivity contribution in [2.75, 3.05) is 22.5 Å². The SMILES string of the molecule is CCc1nnc(NC(=O)CN2C(=O)C(c3ccccc3)Oc3ccc(N)nc32)s1. The summed E-state index contributed by atoms with van der Waals surface area (Å²) in [7, 11) is 0. The molecule has 29 heavy (non-hydrogen) atoms. The van der Waals surface area contributed by atoms with E-state index in [0.717, 1.165) is 11.4 Å². The molecule has 0 saturated heterocycles. The molecule has 0 spiro atoms. The maximum atomic E-state index is 13.2. The van der Waals surface area contributed by atoms with Crippen LogP contribution in [0.15, 0.2) is 42.5 Å². The van der Waals surface area contributed by atoms with Crippen LogP contribution in [0, 0.1) is 0 Å². The van der Waals surface area contributed by atoms with Crippen molar-refractivity contribution < 1.29 is 14.3 Å². The van der Waals surface area contributed by atoms with Crippen LogP contribution in [0.2, 0.25) is 0 Å². The number of ether oxygens (including phenoxy) is 1. The van der Waals surface area contributed by atoms with E-state index in [0.29, 0.717) is 16.4 Å². The maximum absolute atomic E-state index is 13.2. The van der Waals surface area contributed by atoms with Gasteiger partial charge in [-0.3, -0.25) is 19.8 Å². The van der Waals surface area contributed by atoms with Gasteiger partial charge in [0.1, 0.15) is 17.4 Å². The molecule has 1 aliphatic heterocycles. The Bertz CT molecular complexity index is 1060. The van der Waals surface area contributed by atoms with Gasteiger partial charge in [-0.05, 0) is 18.6 Å². The lowest BCUT2D eigenvalue weighted by atomic mass is 10.1. The van der Waals surface area contributed by atoms with Gasteiger partial charge in [-0.15, -0.1) is 10.2 Å². The van der Waals surface area contributed by atoms with Crippen molar-refractivity contribution in [2.45, 2.75) is 19.4 Å². The molecule has 1 aromatic carbocycles. The number of nitrogen functional groups attached to an aromatic ring is 1. The van der Waals surface area contributed by atoms with Crippen molar-refractivity contribution in [1.29, 1.82) is 0 Å². The molecule has 10 heteroatoms.